The highest BCUT2D eigenvalue weighted by atomic mass is 16.5. The maximum absolute atomic E-state index is 5.96. The second kappa shape index (κ2) is 6.98. The van der Waals surface area contributed by atoms with Crippen molar-refractivity contribution in [1.82, 2.24) is 5.32 Å². The Morgan fingerprint density at radius 3 is 2.40 bits per heavy atom. The first-order valence-corrected chi connectivity index (χ1v) is 7.69. The summed E-state index contributed by atoms with van der Waals surface area (Å²) in [5.41, 5.74) is 0.356. The first kappa shape index (κ1) is 15.2. The monoisotopic (exact) mass is 277 g/mol. The Balaban J connectivity index is 1.88. The molecule has 0 saturated heterocycles. The number of hydrogen-bond acceptors (Lipinski definition) is 3. The molecule has 1 aromatic rings. The summed E-state index contributed by atoms with van der Waals surface area (Å²) in [6.07, 6.45) is 3.82. The molecule has 1 fully saturated rings. The lowest BCUT2D eigenvalue weighted by molar-refractivity contribution is 0.179. The van der Waals surface area contributed by atoms with Gasteiger partial charge in [0.2, 0.25) is 0 Å². The van der Waals surface area contributed by atoms with Crippen molar-refractivity contribution in [2.24, 2.45) is 11.3 Å². The number of ether oxygens (including phenoxy) is 2. The van der Waals surface area contributed by atoms with Crippen LogP contribution in [0.3, 0.4) is 0 Å². The average molecular weight is 277 g/mol. The number of nitrogens with one attached hydrogen (secondary N) is 1. The zero-order valence-corrected chi connectivity index (χ0v) is 12.9. The average Bonchev–Trinajstić information content (AvgIpc) is 3.26. The quantitative estimate of drug-likeness (QED) is 0.749. The lowest BCUT2D eigenvalue weighted by Crippen LogP contribution is -2.33. The van der Waals surface area contributed by atoms with E-state index in [0.717, 1.165) is 37.0 Å². The van der Waals surface area contributed by atoms with Gasteiger partial charge in [0, 0.05) is 6.54 Å². The zero-order chi connectivity index (χ0) is 14.4. The summed E-state index contributed by atoms with van der Waals surface area (Å²) in [6, 6.07) is 7.92. The third-order valence-corrected chi connectivity index (χ3v) is 4.22. The van der Waals surface area contributed by atoms with Crippen LogP contribution in [0.4, 0.5) is 0 Å². The Kier molecular flexibility index (Phi) is 5.30. The molecule has 0 bridgehead atoms. The van der Waals surface area contributed by atoms with Gasteiger partial charge in [-0.05, 0) is 56.7 Å². The molecule has 1 saturated carbocycles. The predicted octanol–water partition coefficient (Wildman–Crippen LogP) is 3.49. The molecule has 0 radical (unpaired) electrons. The number of rotatable bonds is 9. The van der Waals surface area contributed by atoms with Crippen molar-refractivity contribution in [3.63, 3.8) is 0 Å². The Bertz CT molecular complexity index is 417. The molecule has 0 aromatic heterocycles. The highest BCUT2D eigenvalue weighted by Gasteiger charge is 2.40. The minimum absolute atomic E-state index is 0.356. The van der Waals surface area contributed by atoms with E-state index in [-0.39, 0.29) is 0 Å². The largest absolute Gasteiger partial charge is 0.490 e. The van der Waals surface area contributed by atoms with E-state index in [9.17, 15) is 0 Å². The Morgan fingerprint density at radius 2 is 1.85 bits per heavy atom. The SMILES string of the molecule is CCOc1ccccc1OCCC(C)(CNC)C1CC1. The van der Waals surface area contributed by atoms with Crippen LogP contribution >= 0.6 is 0 Å². The molecular weight excluding hydrogens is 250 g/mol. The van der Waals surface area contributed by atoms with Gasteiger partial charge in [-0.2, -0.15) is 0 Å². The van der Waals surface area contributed by atoms with E-state index >= 15 is 0 Å². The number of hydrogen-bond donors (Lipinski definition) is 1. The summed E-state index contributed by atoms with van der Waals surface area (Å²) in [6.45, 7) is 6.85. The van der Waals surface area contributed by atoms with Gasteiger partial charge in [-0.15, -0.1) is 0 Å². The summed E-state index contributed by atoms with van der Waals surface area (Å²) >= 11 is 0. The van der Waals surface area contributed by atoms with Gasteiger partial charge in [-0.25, -0.2) is 0 Å². The van der Waals surface area contributed by atoms with Gasteiger partial charge < -0.3 is 14.8 Å². The zero-order valence-electron chi connectivity index (χ0n) is 12.9. The first-order valence-electron chi connectivity index (χ1n) is 7.69. The van der Waals surface area contributed by atoms with Gasteiger partial charge in [0.15, 0.2) is 11.5 Å². The van der Waals surface area contributed by atoms with Crippen molar-refractivity contribution in [3.05, 3.63) is 24.3 Å². The van der Waals surface area contributed by atoms with Crippen LogP contribution in [0.2, 0.25) is 0 Å². The van der Waals surface area contributed by atoms with Crippen LogP contribution in [-0.4, -0.2) is 26.8 Å². The van der Waals surface area contributed by atoms with E-state index in [1.54, 1.807) is 0 Å². The molecule has 1 N–H and O–H groups in total. The van der Waals surface area contributed by atoms with Crippen molar-refractivity contribution in [2.45, 2.75) is 33.1 Å². The van der Waals surface area contributed by atoms with Gasteiger partial charge >= 0.3 is 0 Å². The first-order chi connectivity index (χ1) is 9.69. The van der Waals surface area contributed by atoms with Crippen molar-refractivity contribution >= 4 is 0 Å². The topological polar surface area (TPSA) is 30.5 Å². The lowest BCUT2D eigenvalue weighted by Gasteiger charge is -2.29. The van der Waals surface area contributed by atoms with E-state index in [4.69, 9.17) is 9.47 Å². The molecule has 0 heterocycles. The Morgan fingerprint density at radius 1 is 1.20 bits per heavy atom. The highest BCUT2D eigenvalue weighted by molar-refractivity contribution is 5.39. The van der Waals surface area contributed by atoms with E-state index in [0.29, 0.717) is 12.0 Å². The van der Waals surface area contributed by atoms with E-state index in [1.807, 2.05) is 38.2 Å². The summed E-state index contributed by atoms with van der Waals surface area (Å²) < 4.78 is 11.5. The number of para-hydroxylation sites is 2. The van der Waals surface area contributed by atoms with Gasteiger partial charge in [-0.1, -0.05) is 19.1 Å². The minimum atomic E-state index is 0.356. The third kappa shape index (κ3) is 3.89. The highest BCUT2D eigenvalue weighted by Crippen LogP contribution is 2.47. The lowest BCUT2D eigenvalue weighted by atomic mass is 9.81. The summed E-state index contributed by atoms with van der Waals surface area (Å²) in [5, 5.41) is 3.33. The molecule has 0 amide bonds. The molecule has 1 unspecified atom stereocenters. The van der Waals surface area contributed by atoms with Gasteiger partial charge in [-0.3, -0.25) is 0 Å². The van der Waals surface area contributed by atoms with Crippen LogP contribution in [0.5, 0.6) is 11.5 Å². The Hall–Kier alpha value is -1.22. The second-order valence-electron chi connectivity index (χ2n) is 5.94. The van der Waals surface area contributed by atoms with Crippen LogP contribution in [0, 0.1) is 11.3 Å². The van der Waals surface area contributed by atoms with Gasteiger partial charge in [0.1, 0.15) is 0 Å². The molecule has 0 spiro atoms. The smallest absolute Gasteiger partial charge is 0.161 e. The fraction of sp³-hybridized carbons (Fsp3) is 0.647. The summed E-state index contributed by atoms with van der Waals surface area (Å²) in [5.74, 6) is 2.56. The molecule has 1 aliphatic rings. The van der Waals surface area contributed by atoms with E-state index in [2.05, 4.69) is 12.2 Å². The molecule has 20 heavy (non-hydrogen) atoms. The van der Waals surface area contributed by atoms with Crippen molar-refractivity contribution in [3.8, 4) is 11.5 Å². The fourth-order valence-corrected chi connectivity index (χ4v) is 2.86. The van der Waals surface area contributed by atoms with Crippen molar-refractivity contribution < 1.29 is 9.47 Å². The molecule has 3 heteroatoms. The molecule has 1 aliphatic carbocycles. The predicted molar refractivity (Wildman–Crippen MR) is 82.5 cm³/mol. The molecule has 1 atom stereocenters. The van der Waals surface area contributed by atoms with Crippen LogP contribution in [0.1, 0.15) is 33.1 Å². The van der Waals surface area contributed by atoms with Crippen molar-refractivity contribution in [1.29, 1.82) is 0 Å². The summed E-state index contributed by atoms with van der Waals surface area (Å²) in [4.78, 5) is 0. The van der Waals surface area contributed by atoms with Crippen molar-refractivity contribution in [2.75, 3.05) is 26.8 Å². The van der Waals surface area contributed by atoms with E-state index in [1.165, 1.54) is 12.8 Å². The molecule has 1 aromatic carbocycles. The number of benzene rings is 1. The van der Waals surface area contributed by atoms with Crippen LogP contribution in [-0.2, 0) is 0 Å². The minimum Gasteiger partial charge on any atom is -0.490 e. The van der Waals surface area contributed by atoms with Crippen LogP contribution < -0.4 is 14.8 Å². The van der Waals surface area contributed by atoms with Gasteiger partial charge in [0.25, 0.3) is 0 Å². The maximum atomic E-state index is 5.96. The Labute approximate surface area is 122 Å². The van der Waals surface area contributed by atoms with Crippen LogP contribution in [0.25, 0.3) is 0 Å². The maximum Gasteiger partial charge on any atom is 0.161 e. The second-order valence-corrected chi connectivity index (χ2v) is 5.94. The fourth-order valence-electron chi connectivity index (χ4n) is 2.86. The standard InChI is InChI=1S/C17H27NO2/c1-4-19-15-7-5-6-8-16(15)20-12-11-17(2,13-18-3)14-9-10-14/h5-8,14,18H,4,9-13H2,1-3H3. The summed E-state index contributed by atoms with van der Waals surface area (Å²) in [7, 11) is 2.03. The molecule has 3 nitrogen and oxygen atoms in total. The third-order valence-electron chi connectivity index (χ3n) is 4.22. The normalized spacial score (nSPS) is 17.6. The molecule has 0 aliphatic heterocycles. The van der Waals surface area contributed by atoms with Crippen LogP contribution in [0.15, 0.2) is 24.3 Å². The molecule has 112 valence electrons. The molecule has 2 rings (SSSR count). The van der Waals surface area contributed by atoms with E-state index < -0.39 is 0 Å². The molecular formula is C17H27NO2. The van der Waals surface area contributed by atoms with Gasteiger partial charge in [0.05, 0.1) is 13.2 Å².